The molecule has 210 valence electrons. The average Bonchev–Trinajstić information content (AvgIpc) is 3.13. The van der Waals surface area contributed by atoms with Crippen molar-refractivity contribution in [2.75, 3.05) is 6.61 Å². The highest BCUT2D eigenvalue weighted by atomic mass is 16.7. The Hall–Kier alpha value is -0.870. The molecule has 5 rings (SSSR count). The molecule has 8 nitrogen and oxygen atoms in total. The van der Waals surface area contributed by atoms with Gasteiger partial charge in [0, 0.05) is 5.41 Å². The molecule has 13 atom stereocenters. The molecule has 5 N–H and O–H groups in total. The van der Waals surface area contributed by atoms with E-state index >= 15 is 0 Å². The number of hydrogen-bond acceptors (Lipinski definition) is 8. The number of ketones is 1. The predicted molar refractivity (Wildman–Crippen MR) is 135 cm³/mol. The standard InChI is InChI=1S/C29H46O8/c1-16(31)4-5-17-8-13-29(35)21-7-6-18-14-19(9-11-27(18,2)20(21)10-12-28(17,29)3)36-26-25(34)24(33)23(32)22(15-30)37-26/h4-5,17-26,30,32-35H,6-15H2,1-3H3/b5-4+/t17-,18-,19-,20-,21+,22+,23+,24-,25+,26+,27-,28+,29+/m0/s1. The molecule has 0 bridgehead atoms. The van der Waals surface area contributed by atoms with Crippen LogP contribution < -0.4 is 0 Å². The molecule has 0 aromatic heterocycles. The molecule has 0 aromatic carbocycles. The van der Waals surface area contributed by atoms with Gasteiger partial charge in [-0.3, -0.25) is 4.79 Å². The van der Waals surface area contributed by atoms with Crippen LogP contribution in [0.5, 0.6) is 0 Å². The number of hydrogen-bond donors (Lipinski definition) is 5. The van der Waals surface area contributed by atoms with Crippen LogP contribution in [0.1, 0.15) is 78.6 Å². The zero-order chi connectivity index (χ0) is 26.8. The first-order valence-corrected chi connectivity index (χ1v) is 14.3. The topological polar surface area (TPSA) is 137 Å². The van der Waals surface area contributed by atoms with Gasteiger partial charge in [0.15, 0.2) is 12.1 Å². The number of aliphatic hydroxyl groups excluding tert-OH is 4. The first-order valence-electron chi connectivity index (χ1n) is 14.3. The molecule has 37 heavy (non-hydrogen) atoms. The second-order valence-electron chi connectivity index (χ2n) is 13.2. The molecular formula is C29H46O8. The summed E-state index contributed by atoms with van der Waals surface area (Å²) in [7, 11) is 0. The largest absolute Gasteiger partial charge is 0.394 e. The summed E-state index contributed by atoms with van der Waals surface area (Å²) in [6.07, 6.45) is 5.69. The van der Waals surface area contributed by atoms with Crippen LogP contribution in [0.25, 0.3) is 0 Å². The van der Waals surface area contributed by atoms with Gasteiger partial charge in [0.1, 0.15) is 24.4 Å². The molecule has 1 aliphatic heterocycles. The summed E-state index contributed by atoms with van der Waals surface area (Å²) < 4.78 is 11.8. The Bertz CT molecular complexity index is 891. The van der Waals surface area contributed by atoms with E-state index in [9.17, 15) is 30.3 Å². The number of aliphatic hydroxyl groups is 5. The summed E-state index contributed by atoms with van der Waals surface area (Å²) in [6, 6.07) is 0. The van der Waals surface area contributed by atoms with E-state index in [0.29, 0.717) is 11.8 Å². The normalized spacial score (nSPS) is 53.9. The maximum Gasteiger partial charge on any atom is 0.186 e. The summed E-state index contributed by atoms with van der Waals surface area (Å²) >= 11 is 0. The molecule has 4 saturated carbocycles. The van der Waals surface area contributed by atoms with Crippen molar-refractivity contribution in [2.45, 2.75) is 121 Å². The molecule has 8 heteroatoms. The second-order valence-corrected chi connectivity index (χ2v) is 13.2. The lowest BCUT2D eigenvalue weighted by Gasteiger charge is -2.63. The summed E-state index contributed by atoms with van der Waals surface area (Å²) in [6.45, 7) is 5.75. The average molecular weight is 523 g/mol. The zero-order valence-electron chi connectivity index (χ0n) is 22.5. The number of fused-ring (bicyclic) bond motifs is 5. The lowest BCUT2D eigenvalue weighted by atomic mass is 9.43. The number of ether oxygens (including phenoxy) is 2. The maximum absolute atomic E-state index is 12.2. The molecule has 0 unspecified atom stereocenters. The van der Waals surface area contributed by atoms with Crippen molar-refractivity contribution in [1.29, 1.82) is 0 Å². The molecule has 0 aromatic rings. The van der Waals surface area contributed by atoms with Gasteiger partial charge in [-0.05, 0) is 99.9 Å². The number of rotatable bonds is 5. The smallest absolute Gasteiger partial charge is 0.186 e. The van der Waals surface area contributed by atoms with E-state index in [1.165, 1.54) is 0 Å². The molecule has 4 aliphatic carbocycles. The van der Waals surface area contributed by atoms with E-state index in [0.717, 1.165) is 57.8 Å². The van der Waals surface area contributed by atoms with Crippen molar-refractivity contribution in [3.63, 3.8) is 0 Å². The van der Waals surface area contributed by atoms with Gasteiger partial charge in [-0.15, -0.1) is 0 Å². The van der Waals surface area contributed by atoms with Crippen LogP contribution in [0.3, 0.4) is 0 Å². The van der Waals surface area contributed by atoms with Crippen LogP contribution in [0, 0.1) is 34.5 Å². The van der Waals surface area contributed by atoms with Crippen LogP contribution in [0.4, 0.5) is 0 Å². The molecule has 5 fully saturated rings. The molecular weight excluding hydrogens is 476 g/mol. The first-order chi connectivity index (χ1) is 17.4. The monoisotopic (exact) mass is 522 g/mol. The third-order valence-electron chi connectivity index (χ3n) is 11.6. The molecule has 5 aliphatic rings. The van der Waals surface area contributed by atoms with Crippen LogP contribution in [0.15, 0.2) is 12.2 Å². The van der Waals surface area contributed by atoms with E-state index in [4.69, 9.17) is 9.47 Å². The molecule has 1 heterocycles. The van der Waals surface area contributed by atoms with Crippen molar-refractivity contribution < 1.29 is 39.8 Å². The highest BCUT2D eigenvalue weighted by molar-refractivity contribution is 5.87. The molecule has 0 amide bonds. The van der Waals surface area contributed by atoms with Gasteiger partial charge < -0.3 is 35.0 Å². The van der Waals surface area contributed by atoms with E-state index < -0.39 is 42.9 Å². The van der Waals surface area contributed by atoms with Gasteiger partial charge in [0.05, 0.1) is 18.3 Å². The summed E-state index contributed by atoms with van der Waals surface area (Å²) in [5.41, 5.74) is -0.811. The first kappa shape index (κ1) is 27.7. The minimum Gasteiger partial charge on any atom is -0.394 e. The highest BCUT2D eigenvalue weighted by Crippen LogP contribution is 2.69. The zero-order valence-corrected chi connectivity index (χ0v) is 22.5. The van der Waals surface area contributed by atoms with E-state index in [-0.39, 0.29) is 34.6 Å². The van der Waals surface area contributed by atoms with Gasteiger partial charge in [-0.25, -0.2) is 0 Å². The summed E-state index contributed by atoms with van der Waals surface area (Å²) in [5.74, 6) is 1.42. The van der Waals surface area contributed by atoms with Gasteiger partial charge in [-0.1, -0.05) is 19.9 Å². The lowest BCUT2D eigenvalue weighted by Crippen LogP contribution is -2.62. The number of carbonyl (C=O) groups excluding carboxylic acids is 1. The van der Waals surface area contributed by atoms with Crippen molar-refractivity contribution in [1.82, 2.24) is 0 Å². The summed E-state index contributed by atoms with van der Waals surface area (Å²) in [5, 5.41) is 52.4. The Kier molecular flexibility index (Phi) is 7.45. The van der Waals surface area contributed by atoms with Gasteiger partial charge >= 0.3 is 0 Å². The van der Waals surface area contributed by atoms with Crippen molar-refractivity contribution in [3.8, 4) is 0 Å². The van der Waals surface area contributed by atoms with Crippen LogP contribution in [0.2, 0.25) is 0 Å². The summed E-state index contributed by atoms with van der Waals surface area (Å²) in [4.78, 5) is 11.6. The van der Waals surface area contributed by atoms with Crippen molar-refractivity contribution in [3.05, 3.63) is 12.2 Å². The van der Waals surface area contributed by atoms with Crippen LogP contribution in [-0.2, 0) is 14.3 Å². The number of allylic oxidation sites excluding steroid dienone is 2. The minimum absolute atomic E-state index is 0.0587. The number of carbonyl (C=O) groups is 1. The quantitative estimate of drug-likeness (QED) is 0.274. The van der Waals surface area contributed by atoms with Gasteiger partial charge in [0.2, 0.25) is 0 Å². The maximum atomic E-state index is 12.2. The fourth-order valence-corrected chi connectivity index (χ4v) is 9.28. The van der Waals surface area contributed by atoms with Crippen LogP contribution in [-0.4, -0.2) is 80.3 Å². The van der Waals surface area contributed by atoms with Crippen LogP contribution >= 0.6 is 0 Å². The van der Waals surface area contributed by atoms with Crippen molar-refractivity contribution >= 4 is 5.78 Å². The Morgan fingerprint density at radius 3 is 2.43 bits per heavy atom. The van der Waals surface area contributed by atoms with E-state index in [1.807, 2.05) is 0 Å². The third kappa shape index (κ3) is 4.35. The molecule has 0 radical (unpaired) electrons. The second kappa shape index (κ2) is 9.95. The van der Waals surface area contributed by atoms with E-state index in [2.05, 4.69) is 19.9 Å². The SMILES string of the molecule is CC(=O)/C=C/[C@H]1CC[C@@]2(O)[C@@H]3CC[C@H]4C[C@@H](O[C@@H]5O[C@H](CO)[C@@H](O)[C@H](O)[C@H]5O)CC[C@]4(C)[C@H]3CC[C@]12C. The molecule has 1 saturated heterocycles. The Balaban J connectivity index is 1.28. The Labute approximate surface area is 220 Å². The fraction of sp³-hybridized carbons (Fsp3) is 0.897. The molecule has 0 spiro atoms. The Morgan fingerprint density at radius 1 is 0.973 bits per heavy atom. The Morgan fingerprint density at radius 2 is 1.73 bits per heavy atom. The third-order valence-corrected chi connectivity index (χ3v) is 11.6. The van der Waals surface area contributed by atoms with Crippen molar-refractivity contribution in [2.24, 2.45) is 34.5 Å². The van der Waals surface area contributed by atoms with Gasteiger partial charge in [0.25, 0.3) is 0 Å². The van der Waals surface area contributed by atoms with Gasteiger partial charge in [-0.2, -0.15) is 0 Å². The highest BCUT2D eigenvalue weighted by Gasteiger charge is 2.66. The predicted octanol–water partition coefficient (Wildman–Crippen LogP) is 2.09. The van der Waals surface area contributed by atoms with E-state index in [1.54, 1.807) is 13.0 Å². The minimum atomic E-state index is -1.43. The lowest BCUT2D eigenvalue weighted by molar-refractivity contribution is -0.317. The fourth-order valence-electron chi connectivity index (χ4n) is 9.28.